The average molecular weight is 276 g/mol. The summed E-state index contributed by atoms with van der Waals surface area (Å²) < 4.78 is 15.6. The van der Waals surface area contributed by atoms with Gasteiger partial charge in [-0.15, -0.1) is 0 Å². The molecule has 0 spiro atoms. The van der Waals surface area contributed by atoms with Gasteiger partial charge in [0.25, 0.3) is 0 Å². The lowest BCUT2D eigenvalue weighted by Crippen LogP contribution is -2.20. The van der Waals surface area contributed by atoms with Crippen molar-refractivity contribution in [3.8, 4) is 11.5 Å². The van der Waals surface area contributed by atoms with E-state index in [1.54, 1.807) is 12.1 Å². The fourth-order valence-corrected chi connectivity index (χ4v) is 2.07. The van der Waals surface area contributed by atoms with Crippen LogP contribution in [0.5, 0.6) is 11.5 Å². The van der Waals surface area contributed by atoms with Crippen molar-refractivity contribution in [2.45, 2.75) is 19.6 Å². The van der Waals surface area contributed by atoms with E-state index in [2.05, 4.69) is 10.5 Å². The molecule has 0 aliphatic carbocycles. The van der Waals surface area contributed by atoms with Crippen LogP contribution in [0.3, 0.4) is 0 Å². The van der Waals surface area contributed by atoms with Gasteiger partial charge in [-0.3, -0.25) is 0 Å². The Bertz CT molecular complexity index is 597. The number of aromatic nitrogens is 1. The first-order valence-electron chi connectivity index (χ1n) is 6.43. The Morgan fingerprint density at radius 1 is 1.30 bits per heavy atom. The monoisotopic (exact) mass is 276 g/mol. The second kappa shape index (κ2) is 5.52. The van der Waals surface area contributed by atoms with Crippen LogP contribution in [0, 0.1) is 6.92 Å². The van der Waals surface area contributed by atoms with Gasteiger partial charge in [-0.2, -0.15) is 0 Å². The summed E-state index contributed by atoms with van der Waals surface area (Å²) in [4.78, 5) is 0. The van der Waals surface area contributed by atoms with Crippen molar-refractivity contribution in [2.24, 2.45) is 0 Å². The van der Waals surface area contributed by atoms with Gasteiger partial charge in [0, 0.05) is 12.6 Å². The lowest BCUT2D eigenvalue weighted by Gasteiger charge is -2.12. The lowest BCUT2D eigenvalue weighted by molar-refractivity contribution is 0.169. The molecule has 1 aromatic heterocycles. The first-order valence-corrected chi connectivity index (χ1v) is 6.43. The highest BCUT2D eigenvalue weighted by atomic mass is 16.7. The van der Waals surface area contributed by atoms with Crippen LogP contribution in [0.15, 0.2) is 28.8 Å². The molecule has 0 fully saturated rings. The molecule has 0 radical (unpaired) electrons. The number of hydrogen-bond donors (Lipinski definition) is 2. The van der Waals surface area contributed by atoms with Crippen LogP contribution in [0.1, 0.15) is 23.1 Å². The number of nitrogens with one attached hydrogen (secondary N) is 1. The number of aryl methyl sites for hydroxylation is 1. The van der Waals surface area contributed by atoms with Crippen molar-refractivity contribution in [1.29, 1.82) is 0 Å². The van der Waals surface area contributed by atoms with Crippen molar-refractivity contribution in [3.05, 3.63) is 41.3 Å². The summed E-state index contributed by atoms with van der Waals surface area (Å²) in [5.41, 5.74) is 1.63. The normalized spacial score (nSPS) is 14.5. The maximum atomic E-state index is 10.1. The smallest absolute Gasteiger partial charge is 0.231 e. The first-order chi connectivity index (χ1) is 9.72. The van der Waals surface area contributed by atoms with E-state index >= 15 is 0 Å². The fourth-order valence-electron chi connectivity index (χ4n) is 2.07. The minimum atomic E-state index is -0.617. The maximum absolute atomic E-state index is 10.1. The minimum absolute atomic E-state index is 0.234. The number of fused-ring (bicyclic) bond motifs is 1. The van der Waals surface area contributed by atoms with E-state index in [0.29, 0.717) is 24.6 Å². The molecule has 1 atom stereocenters. The first kappa shape index (κ1) is 13.0. The van der Waals surface area contributed by atoms with Crippen LogP contribution >= 0.6 is 0 Å². The zero-order chi connectivity index (χ0) is 13.9. The number of rotatable bonds is 5. The molecule has 0 saturated heterocycles. The van der Waals surface area contributed by atoms with Crippen LogP contribution in [0.4, 0.5) is 0 Å². The molecule has 3 rings (SSSR count). The number of hydrogen-bond acceptors (Lipinski definition) is 6. The van der Waals surface area contributed by atoms with E-state index in [1.165, 1.54) is 0 Å². The van der Waals surface area contributed by atoms with Gasteiger partial charge in [0.05, 0.1) is 18.3 Å². The SMILES string of the molecule is Cc1cc(CNCC(O)c2ccc3c(c2)OCO3)on1. The number of benzene rings is 1. The van der Waals surface area contributed by atoms with Gasteiger partial charge in [0.15, 0.2) is 17.3 Å². The molecular weight excluding hydrogens is 260 g/mol. The largest absolute Gasteiger partial charge is 0.454 e. The topological polar surface area (TPSA) is 76.8 Å². The highest BCUT2D eigenvalue weighted by Crippen LogP contribution is 2.34. The second-order valence-electron chi connectivity index (χ2n) is 4.69. The number of ether oxygens (including phenoxy) is 2. The van der Waals surface area contributed by atoms with E-state index in [1.807, 2.05) is 19.1 Å². The van der Waals surface area contributed by atoms with Gasteiger partial charge in [0.2, 0.25) is 6.79 Å². The number of aliphatic hydroxyl groups is 1. The Hall–Kier alpha value is -2.05. The van der Waals surface area contributed by atoms with Gasteiger partial charge in [-0.1, -0.05) is 11.2 Å². The molecule has 1 unspecified atom stereocenters. The van der Waals surface area contributed by atoms with Crippen LogP contribution < -0.4 is 14.8 Å². The molecule has 1 aliphatic heterocycles. The molecule has 0 bridgehead atoms. The third-order valence-electron chi connectivity index (χ3n) is 3.10. The molecule has 1 aromatic carbocycles. The second-order valence-corrected chi connectivity index (χ2v) is 4.69. The van der Waals surface area contributed by atoms with Crippen molar-refractivity contribution in [3.63, 3.8) is 0 Å². The Labute approximate surface area is 116 Å². The molecule has 0 amide bonds. The molecule has 2 aromatic rings. The van der Waals surface area contributed by atoms with Crippen LogP contribution in [0.2, 0.25) is 0 Å². The third-order valence-corrected chi connectivity index (χ3v) is 3.10. The van der Waals surface area contributed by atoms with E-state index in [0.717, 1.165) is 17.0 Å². The Morgan fingerprint density at radius 2 is 2.15 bits per heavy atom. The number of aliphatic hydroxyl groups excluding tert-OH is 1. The lowest BCUT2D eigenvalue weighted by atomic mass is 10.1. The van der Waals surface area contributed by atoms with E-state index in [-0.39, 0.29) is 6.79 Å². The van der Waals surface area contributed by atoms with Crippen LogP contribution in [0.25, 0.3) is 0 Å². The molecule has 0 saturated carbocycles. The van der Waals surface area contributed by atoms with E-state index < -0.39 is 6.10 Å². The van der Waals surface area contributed by atoms with E-state index in [4.69, 9.17) is 14.0 Å². The molecule has 2 heterocycles. The number of nitrogens with zero attached hydrogens (tertiary/aromatic N) is 1. The van der Waals surface area contributed by atoms with Gasteiger partial charge in [-0.05, 0) is 24.6 Å². The van der Waals surface area contributed by atoms with Crippen molar-refractivity contribution in [1.82, 2.24) is 10.5 Å². The highest BCUT2D eigenvalue weighted by Gasteiger charge is 2.16. The fraction of sp³-hybridized carbons (Fsp3) is 0.357. The summed E-state index contributed by atoms with van der Waals surface area (Å²) >= 11 is 0. The molecular formula is C14H16N2O4. The predicted octanol–water partition coefficient (Wildman–Crippen LogP) is 1.53. The van der Waals surface area contributed by atoms with Crippen LogP contribution in [-0.2, 0) is 6.54 Å². The summed E-state index contributed by atoms with van der Waals surface area (Å²) in [7, 11) is 0. The maximum Gasteiger partial charge on any atom is 0.231 e. The Morgan fingerprint density at radius 3 is 2.95 bits per heavy atom. The molecule has 6 nitrogen and oxygen atoms in total. The van der Waals surface area contributed by atoms with Gasteiger partial charge < -0.3 is 24.4 Å². The Balaban J connectivity index is 1.55. The van der Waals surface area contributed by atoms with Crippen molar-refractivity contribution in [2.75, 3.05) is 13.3 Å². The minimum Gasteiger partial charge on any atom is -0.454 e. The highest BCUT2D eigenvalue weighted by molar-refractivity contribution is 5.45. The zero-order valence-electron chi connectivity index (χ0n) is 11.1. The molecule has 1 aliphatic rings. The van der Waals surface area contributed by atoms with E-state index in [9.17, 15) is 5.11 Å². The summed E-state index contributed by atoms with van der Waals surface area (Å²) in [5.74, 6) is 2.14. The predicted molar refractivity (Wildman–Crippen MR) is 70.5 cm³/mol. The molecule has 20 heavy (non-hydrogen) atoms. The average Bonchev–Trinajstić information content (AvgIpc) is 3.06. The van der Waals surface area contributed by atoms with Gasteiger partial charge >= 0.3 is 0 Å². The molecule has 6 heteroatoms. The quantitative estimate of drug-likeness (QED) is 0.862. The van der Waals surface area contributed by atoms with Gasteiger partial charge in [0.1, 0.15) is 0 Å². The summed E-state index contributed by atoms with van der Waals surface area (Å²) in [6.45, 7) is 3.05. The van der Waals surface area contributed by atoms with Crippen molar-refractivity contribution < 1.29 is 19.1 Å². The zero-order valence-corrected chi connectivity index (χ0v) is 11.1. The van der Waals surface area contributed by atoms with Gasteiger partial charge in [-0.25, -0.2) is 0 Å². The van der Waals surface area contributed by atoms with Crippen LogP contribution in [-0.4, -0.2) is 23.6 Å². The molecule has 106 valence electrons. The van der Waals surface area contributed by atoms with Crippen molar-refractivity contribution >= 4 is 0 Å². The summed E-state index contributed by atoms with van der Waals surface area (Å²) in [5, 5.41) is 17.1. The summed E-state index contributed by atoms with van der Waals surface area (Å²) in [6.07, 6.45) is -0.617. The molecule has 2 N–H and O–H groups in total. The standard InChI is InChI=1S/C14H16N2O4/c1-9-4-11(20-16-9)6-15-7-12(17)10-2-3-13-14(5-10)19-8-18-13/h2-5,12,15,17H,6-8H2,1H3. The Kier molecular flexibility index (Phi) is 3.58. The summed E-state index contributed by atoms with van der Waals surface area (Å²) in [6, 6.07) is 7.30. The third kappa shape index (κ3) is 2.76.